The van der Waals surface area contributed by atoms with E-state index in [9.17, 15) is 9.59 Å². The Balaban J connectivity index is 1.34. The van der Waals surface area contributed by atoms with Crippen molar-refractivity contribution in [2.75, 3.05) is 31.3 Å². The molecule has 0 aliphatic heterocycles. The molecule has 6 nitrogen and oxygen atoms in total. The Hall–Kier alpha value is -2.32. The van der Waals surface area contributed by atoms with E-state index in [-0.39, 0.29) is 11.5 Å². The standard InChI is InChI=1S/C20H24N4O2S2/c1-23(2)17-7-5-15(6-8-17)4-3-9-21-18(25)14-27-13-16-12-19(26)24-10-11-28-20(24)22-16/h5-8,10-12H,3-4,9,13-14H2,1-2H3,(H,21,25). The van der Waals surface area contributed by atoms with Gasteiger partial charge in [-0.1, -0.05) is 12.1 Å². The van der Waals surface area contributed by atoms with Crippen molar-refractivity contribution in [3.05, 3.63) is 63.5 Å². The van der Waals surface area contributed by atoms with Crippen LogP contribution in [-0.4, -0.2) is 41.7 Å². The molecule has 8 heteroatoms. The van der Waals surface area contributed by atoms with E-state index in [2.05, 4.69) is 39.5 Å². The molecule has 0 radical (unpaired) electrons. The number of fused-ring (bicyclic) bond motifs is 1. The van der Waals surface area contributed by atoms with Crippen molar-refractivity contribution in [3.8, 4) is 0 Å². The number of aryl methyl sites for hydroxylation is 1. The van der Waals surface area contributed by atoms with Crippen LogP contribution >= 0.6 is 23.1 Å². The Morgan fingerprint density at radius 3 is 2.82 bits per heavy atom. The Labute approximate surface area is 172 Å². The number of thioether (sulfide) groups is 1. The molecule has 0 aliphatic carbocycles. The smallest absolute Gasteiger partial charge is 0.258 e. The minimum atomic E-state index is -0.0788. The Bertz CT molecular complexity index is 980. The number of hydrogen-bond acceptors (Lipinski definition) is 6. The van der Waals surface area contributed by atoms with Gasteiger partial charge in [-0.2, -0.15) is 0 Å². The van der Waals surface area contributed by atoms with Crippen LogP contribution in [0, 0.1) is 0 Å². The Kier molecular flexibility index (Phi) is 7.11. The molecule has 1 amide bonds. The number of thiazole rings is 1. The van der Waals surface area contributed by atoms with Crippen molar-refractivity contribution in [1.29, 1.82) is 0 Å². The minimum Gasteiger partial charge on any atom is -0.378 e. The first-order valence-electron chi connectivity index (χ1n) is 9.09. The summed E-state index contributed by atoms with van der Waals surface area (Å²) in [6.45, 7) is 0.662. The predicted octanol–water partition coefficient (Wildman–Crippen LogP) is 2.80. The van der Waals surface area contributed by atoms with Gasteiger partial charge in [0.05, 0.1) is 11.4 Å². The number of aromatic nitrogens is 2. The van der Waals surface area contributed by atoms with E-state index in [0.29, 0.717) is 28.7 Å². The SMILES string of the molecule is CN(C)c1ccc(CCCNC(=O)CSCc2cc(=O)n3ccsc3n2)cc1. The van der Waals surface area contributed by atoms with Crippen LogP contribution in [0.4, 0.5) is 5.69 Å². The lowest BCUT2D eigenvalue weighted by molar-refractivity contribution is -0.118. The first-order chi connectivity index (χ1) is 13.5. The van der Waals surface area contributed by atoms with Crippen LogP contribution in [-0.2, 0) is 17.0 Å². The summed E-state index contributed by atoms with van der Waals surface area (Å²) in [4.78, 5) is 31.1. The van der Waals surface area contributed by atoms with E-state index in [1.54, 1.807) is 6.20 Å². The largest absolute Gasteiger partial charge is 0.378 e. The first kappa shape index (κ1) is 20.4. The molecule has 148 valence electrons. The lowest BCUT2D eigenvalue weighted by Gasteiger charge is -2.12. The summed E-state index contributed by atoms with van der Waals surface area (Å²) in [6.07, 6.45) is 3.57. The Morgan fingerprint density at radius 1 is 1.29 bits per heavy atom. The molecule has 0 fully saturated rings. The van der Waals surface area contributed by atoms with Gasteiger partial charge in [-0.05, 0) is 30.5 Å². The molecule has 3 rings (SSSR count). The van der Waals surface area contributed by atoms with E-state index in [0.717, 1.165) is 12.8 Å². The molecule has 1 aromatic carbocycles. The monoisotopic (exact) mass is 416 g/mol. The molecule has 2 aromatic heterocycles. The van der Waals surface area contributed by atoms with Crippen LogP contribution in [0.1, 0.15) is 17.7 Å². The molecule has 0 atom stereocenters. The lowest BCUT2D eigenvalue weighted by atomic mass is 10.1. The van der Waals surface area contributed by atoms with Gasteiger partial charge in [0.2, 0.25) is 5.91 Å². The van der Waals surface area contributed by atoms with Gasteiger partial charge < -0.3 is 10.2 Å². The second-order valence-corrected chi connectivity index (χ2v) is 8.51. The van der Waals surface area contributed by atoms with Crippen molar-refractivity contribution < 1.29 is 4.79 Å². The van der Waals surface area contributed by atoms with Crippen LogP contribution in [0.5, 0.6) is 0 Å². The highest BCUT2D eigenvalue weighted by Gasteiger charge is 2.06. The van der Waals surface area contributed by atoms with Crippen LogP contribution < -0.4 is 15.8 Å². The second kappa shape index (κ2) is 9.75. The molecule has 3 aromatic rings. The molecular formula is C20H24N4O2S2. The fourth-order valence-corrected chi connectivity index (χ4v) is 4.23. The molecule has 0 saturated carbocycles. The van der Waals surface area contributed by atoms with Gasteiger partial charge in [0, 0.05) is 49.7 Å². The van der Waals surface area contributed by atoms with Gasteiger partial charge >= 0.3 is 0 Å². The number of amides is 1. The van der Waals surface area contributed by atoms with E-state index in [1.165, 1.54) is 44.8 Å². The number of rotatable bonds is 9. The molecule has 0 spiro atoms. The van der Waals surface area contributed by atoms with Gasteiger partial charge in [-0.15, -0.1) is 23.1 Å². The fraction of sp³-hybridized carbons (Fsp3) is 0.350. The summed E-state index contributed by atoms with van der Waals surface area (Å²) in [5.41, 5.74) is 3.09. The molecule has 0 saturated heterocycles. The van der Waals surface area contributed by atoms with Crippen molar-refractivity contribution in [2.24, 2.45) is 0 Å². The molecule has 0 unspecified atom stereocenters. The second-order valence-electron chi connectivity index (χ2n) is 6.65. The fourth-order valence-electron chi connectivity index (χ4n) is 2.74. The maximum absolute atomic E-state index is 12.0. The van der Waals surface area contributed by atoms with Crippen molar-refractivity contribution in [2.45, 2.75) is 18.6 Å². The highest BCUT2D eigenvalue weighted by molar-refractivity contribution is 7.99. The van der Waals surface area contributed by atoms with Gasteiger partial charge in [0.25, 0.3) is 5.56 Å². The molecular weight excluding hydrogens is 392 g/mol. The van der Waals surface area contributed by atoms with Gasteiger partial charge in [0.15, 0.2) is 4.96 Å². The quantitative estimate of drug-likeness (QED) is 0.544. The maximum atomic E-state index is 12.0. The van der Waals surface area contributed by atoms with Crippen LogP contribution in [0.3, 0.4) is 0 Å². The minimum absolute atomic E-state index is 0.0156. The molecule has 2 heterocycles. The van der Waals surface area contributed by atoms with Crippen molar-refractivity contribution in [3.63, 3.8) is 0 Å². The lowest BCUT2D eigenvalue weighted by Crippen LogP contribution is -2.26. The zero-order chi connectivity index (χ0) is 19.9. The summed E-state index contributed by atoms with van der Waals surface area (Å²) in [5, 5.41) is 4.79. The third-order valence-electron chi connectivity index (χ3n) is 4.26. The zero-order valence-corrected chi connectivity index (χ0v) is 17.7. The Morgan fingerprint density at radius 2 is 2.07 bits per heavy atom. The van der Waals surface area contributed by atoms with E-state index in [1.807, 2.05) is 19.5 Å². The number of anilines is 1. The number of nitrogens with zero attached hydrogens (tertiary/aromatic N) is 3. The first-order valence-corrected chi connectivity index (χ1v) is 11.1. The normalized spacial score (nSPS) is 10.9. The van der Waals surface area contributed by atoms with Crippen LogP contribution in [0.2, 0.25) is 0 Å². The number of nitrogens with one attached hydrogen (secondary N) is 1. The summed E-state index contributed by atoms with van der Waals surface area (Å²) in [7, 11) is 4.05. The topological polar surface area (TPSA) is 66.7 Å². The molecule has 0 bridgehead atoms. The molecule has 1 N–H and O–H groups in total. The van der Waals surface area contributed by atoms with Crippen molar-refractivity contribution in [1.82, 2.24) is 14.7 Å². The van der Waals surface area contributed by atoms with Crippen LogP contribution in [0.15, 0.2) is 46.7 Å². The van der Waals surface area contributed by atoms with E-state index < -0.39 is 0 Å². The van der Waals surface area contributed by atoms with Gasteiger partial charge in [0.1, 0.15) is 0 Å². The summed E-state index contributed by atoms with van der Waals surface area (Å²) in [5.74, 6) is 0.931. The number of carbonyl (C=O) groups is 1. The predicted molar refractivity (Wildman–Crippen MR) is 118 cm³/mol. The zero-order valence-electron chi connectivity index (χ0n) is 16.1. The summed E-state index contributed by atoms with van der Waals surface area (Å²) < 4.78 is 1.53. The number of benzene rings is 1. The van der Waals surface area contributed by atoms with E-state index >= 15 is 0 Å². The van der Waals surface area contributed by atoms with E-state index in [4.69, 9.17) is 0 Å². The maximum Gasteiger partial charge on any atom is 0.258 e. The number of hydrogen-bond donors (Lipinski definition) is 1. The molecule has 28 heavy (non-hydrogen) atoms. The summed E-state index contributed by atoms with van der Waals surface area (Å²) >= 11 is 2.90. The third-order valence-corrected chi connectivity index (χ3v) is 5.98. The highest BCUT2D eigenvalue weighted by atomic mass is 32.2. The average Bonchev–Trinajstić information content (AvgIpc) is 3.15. The molecule has 0 aliphatic rings. The van der Waals surface area contributed by atoms with Gasteiger partial charge in [-0.25, -0.2) is 4.98 Å². The van der Waals surface area contributed by atoms with Crippen LogP contribution in [0.25, 0.3) is 4.96 Å². The summed E-state index contributed by atoms with van der Waals surface area (Å²) in [6, 6.07) is 10.0. The van der Waals surface area contributed by atoms with Gasteiger partial charge in [-0.3, -0.25) is 14.0 Å². The average molecular weight is 417 g/mol. The highest BCUT2D eigenvalue weighted by Crippen LogP contribution is 2.14. The van der Waals surface area contributed by atoms with Crippen molar-refractivity contribution >= 4 is 39.7 Å². The number of carbonyl (C=O) groups excluding carboxylic acids is 1. The third kappa shape index (κ3) is 5.59.